The van der Waals surface area contributed by atoms with E-state index in [4.69, 9.17) is 11.6 Å². The van der Waals surface area contributed by atoms with Gasteiger partial charge in [-0.15, -0.1) is 0 Å². The first-order chi connectivity index (χ1) is 17.7. The minimum absolute atomic E-state index is 0.0115. The molecule has 0 spiro atoms. The third-order valence-corrected chi connectivity index (χ3v) is 6.10. The zero-order valence-corrected chi connectivity index (χ0v) is 19.8. The average molecular weight is 536 g/mol. The molecule has 1 saturated heterocycles. The third-order valence-electron chi connectivity index (χ3n) is 5.79. The van der Waals surface area contributed by atoms with E-state index in [0.29, 0.717) is 31.9 Å². The number of piperazine rings is 1. The van der Waals surface area contributed by atoms with Gasteiger partial charge in [0.05, 0.1) is 10.7 Å². The standard InChI is InChI=1S/C26H19ClF5N3O2/c27-17-14-16(33-26(37)20-21(28)23(30)25(32)24(31)22(20)29)7-8-18(17)34-10-12-35(13-11-34)19(36)9-6-15-4-2-1-3-5-15/h1-9,14H,10-13H2,(H,33,37)/b9-6+. The molecule has 11 heteroatoms. The van der Waals surface area contributed by atoms with Crippen LogP contribution in [0.25, 0.3) is 6.08 Å². The number of nitrogens with zero attached hydrogens (tertiary/aromatic N) is 2. The number of rotatable bonds is 5. The lowest BCUT2D eigenvalue weighted by atomic mass is 10.1. The summed E-state index contributed by atoms with van der Waals surface area (Å²) in [6, 6.07) is 13.6. The maximum absolute atomic E-state index is 13.9. The first kappa shape index (κ1) is 26.2. The van der Waals surface area contributed by atoms with Crippen LogP contribution in [0.15, 0.2) is 54.6 Å². The monoisotopic (exact) mass is 535 g/mol. The van der Waals surface area contributed by atoms with Gasteiger partial charge >= 0.3 is 0 Å². The number of carbonyl (C=O) groups excluding carboxylic acids is 2. The Balaban J connectivity index is 1.40. The second-order valence-electron chi connectivity index (χ2n) is 8.12. The largest absolute Gasteiger partial charge is 0.367 e. The van der Waals surface area contributed by atoms with Crippen molar-refractivity contribution in [2.75, 3.05) is 36.4 Å². The van der Waals surface area contributed by atoms with E-state index < -0.39 is 40.6 Å². The van der Waals surface area contributed by atoms with Crippen LogP contribution in [0.1, 0.15) is 15.9 Å². The molecule has 2 amide bonds. The number of hydrogen-bond acceptors (Lipinski definition) is 3. The number of anilines is 2. The summed E-state index contributed by atoms with van der Waals surface area (Å²) < 4.78 is 67.9. The lowest BCUT2D eigenvalue weighted by Crippen LogP contribution is -2.48. The maximum Gasteiger partial charge on any atom is 0.261 e. The predicted molar refractivity (Wildman–Crippen MR) is 130 cm³/mol. The Hall–Kier alpha value is -3.92. The van der Waals surface area contributed by atoms with Gasteiger partial charge < -0.3 is 15.1 Å². The average Bonchev–Trinajstić information content (AvgIpc) is 2.90. The molecule has 3 aromatic rings. The molecule has 0 saturated carbocycles. The minimum Gasteiger partial charge on any atom is -0.367 e. The summed E-state index contributed by atoms with van der Waals surface area (Å²) in [6.07, 6.45) is 3.25. The zero-order chi connectivity index (χ0) is 26.7. The van der Waals surface area contributed by atoms with Gasteiger partial charge in [0.1, 0.15) is 5.56 Å². The van der Waals surface area contributed by atoms with Gasteiger partial charge in [-0.1, -0.05) is 41.9 Å². The Morgan fingerprint density at radius 1 is 0.811 bits per heavy atom. The fourth-order valence-electron chi connectivity index (χ4n) is 3.84. The van der Waals surface area contributed by atoms with E-state index in [1.807, 2.05) is 35.2 Å². The molecule has 0 unspecified atom stereocenters. The first-order valence-corrected chi connectivity index (χ1v) is 11.4. The molecule has 0 aliphatic carbocycles. The van der Waals surface area contributed by atoms with Gasteiger partial charge in [0.2, 0.25) is 11.7 Å². The van der Waals surface area contributed by atoms with E-state index in [2.05, 4.69) is 5.32 Å². The quantitative estimate of drug-likeness (QED) is 0.199. The predicted octanol–water partition coefficient (Wildman–Crippen LogP) is 5.65. The van der Waals surface area contributed by atoms with Crippen molar-refractivity contribution >= 4 is 40.9 Å². The Morgan fingerprint density at radius 2 is 1.41 bits per heavy atom. The summed E-state index contributed by atoms with van der Waals surface area (Å²) in [7, 11) is 0. The Bertz CT molecular complexity index is 1350. The number of carbonyl (C=O) groups is 2. The maximum atomic E-state index is 13.9. The Labute approximate surface area is 213 Å². The second-order valence-corrected chi connectivity index (χ2v) is 8.53. The highest BCUT2D eigenvalue weighted by atomic mass is 35.5. The molecule has 37 heavy (non-hydrogen) atoms. The van der Waals surface area contributed by atoms with Gasteiger partial charge in [0, 0.05) is 37.9 Å². The highest BCUT2D eigenvalue weighted by Crippen LogP contribution is 2.31. The fourth-order valence-corrected chi connectivity index (χ4v) is 4.14. The molecule has 4 rings (SSSR count). The van der Waals surface area contributed by atoms with Crippen molar-refractivity contribution in [3.63, 3.8) is 0 Å². The first-order valence-electron chi connectivity index (χ1n) is 11.1. The van der Waals surface area contributed by atoms with Gasteiger partial charge in [0.25, 0.3) is 5.91 Å². The van der Waals surface area contributed by atoms with Crippen molar-refractivity contribution in [1.29, 1.82) is 0 Å². The SMILES string of the molecule is O=C(Nc1ccc(N2CCN(C(=O)/C=C/c3ccccc3)CC2)c(Cl)c1)c1c(F)c(F)c(F)c(F)c1F. The highest BCUT2D eigenvalue weighted by molar-refractivity contribution is 6.33. The van der Waals surface area contributed by atoms with Crippen molar-refractivity contribution in [2.24, 2.45) is 0 Å². The molecule has 1 heterocycles. The van der Waals surface area contributed by atoms with Gasteiger partial charge in [-0.25, -0.2) is 22.0 Å². The van der Waals surface area contributed by atoms with Crippen molar-refractivity contribution < 1.29 is 31.5 Å². The van der Waals surface area contributed by atoms with Crippen LogP contribution in [0.4, 0.5) is 33.3 Å². The van der Waals surface area contributed by atoms with E-state index >= 15 is 0 Å². The van der Waals surface area contributed by atoms with Gasteiger partial charge in [-0.3, -0.25) is 9.59 Å². The summed E-state index contributed by atoms with van der Waals surface area (Å²) in [5.41, 5.74) is -0.113. The summed E-state index contributed by atoms with van der Waals surface area (Å²) in [5.74, 6) is -12.9. The molecule has 0 atom stereocenters. The van der Waals surface area contributed by atoms with Crippen LogP contribution in [0.2, 0.25) is 5.02 Å². The Kier molecular flexibility index (Phi) is 7.77. The van der Waals surface area contributed by atoms with Gasteiger partial charge in [0.15, 0.2) is 23.3 Å². The van der Waals surface area contributed by atoms with Crippen LogP contribution < -0.4 is 10.2 Å². The van der Waals surface area contributed by atoms with Gasteiger partial charge in [-0.2, -0.15) is 0 Å². The lowest BCUT2D eigenvalue weighted by Gasteiger charge is -2.36. The summed E-state index contributed by atoms with van der Waals surface area (Å²) >= 11 is 6.34. The van der Waals surface area contributed by atoms with Crippen LogP contribution in [0.5, 0.6) is 0 Å². The summed E-state index contributed by atoms with van der Waals surface area (Å²) in [6.45, 7) is 1.82. The van der Waals surface area contributed by atoms with Crippen molar-refractivity contribution in [2.45, 2.75) is 0 Å². The second kappa shape index (κ2) is 11.0. The summed E-state index contributed by atoms with van der Waals surface area (Å²) in [5, 5.41) is 2.28. The molecule has 0 bridgehead atoms. The zero-order valence-electron chi connectivity index (χ0n) is 19.1. The molecule has 1 fully saturated rings. The number of amides is 2. The van der Waals surface area contributed by atoms with Gasteiger partial charge in [-0.05, 0) is 29.8 Å². The normalized spacial score (nSPS) is 13.8. The van der Waals surface area contributed by atoms with Crippen LogP contribution in [0.3, 0.4) is 0 Å². The number of benzene rings is 3. The highest BCUT2D eigenvalue weighted by Gasteiger charge is 2.30. The molecule has 0 radical (unpaired) electrons. The molecule has 3 aromatic carbocycles. The van der Waals surface area contributed by atoms with E-state index in [9.17, 15) is 31.5 Å². The van der Waals surface area contributed by atoms with E-state index in [1.165, 1.54) is 18.2 Å². The van der Waals surface area contributed by atoms with E-state index in [1.54, 1.807) is 17.0 Å². The topological polar surface area (TPSA) is 52.7 Å². The lowest BCUT2D eigenvalue weighted by molar-refractivity contribution is -0.126. The van der Waals surface area contributed by atoms with Crippen LogP contribution in [-0.4, -0.2) is 42.9 Å². The van der Waals surface area contributed by atoms with E-state index in [0.717, 1.165) is 5.56 Å². The Morgan fingerprint density at radius 3 is 2.00 bits per heavy atom. The molecule has 0 aromatic heterocycles. The van der Waals surface area contributed by atoms with Crippen LogP contribution >= 0.6 is 11.6 Å². The van der Waals surface area contributed by atoms with Crippen molar-refractivity contribution in [3.8, 4) is 0 Å². The van der Waals surface area contributed by atoms with Crippen molar-refractivity contribution in [1.82, 2.24) is 4.90 Å². The van der Waals surface area contributed by atoms with Crippen LogP contribution in [-0.2, 0) is 4.79 Å². The molecule has 5 nitrogen and oxygen atoms in total. The number of halogens is 6. The number of nitrogens with one attached hydrogen (secondary N) is 1. The summed E-state index contributed by atoms with van der Waals surface area (Å²) in [4.78, 5) is 28.4. The van der Waals surface area contributed by atoms with E-state index in [-0.39, 0.29) is 16.6 Å². The third kappa shape index (κ3) is 5.59. The van der Waals surface area contributed by atoms with Crippen LogP contribution in [0, 0.1) is 29.1 Å². The van der Waals surface area contributed by atoms with Crippen molar-refractivity contribution in [3.05, 3.63) is 99.8 Å². The molecule has 1 N–H and O–H groups in total. The molecular weight excluding hydrogens is 517 g/mol. The number of hydrogen-bond donors (Lipinski definition) is 1. The minimum atomic E-state index is -2.35. The molecule has 1 aliphatic heterocycles. The molecular formula is C26H19ClF5N3O2. The smallest absolute Gasteiger partial charge is 0.261 e. The fraction of sp³-hybridized carbons (Fsp3) is 0.154. The molecule has 1 aliphatic rings. The molecule has 192 valence electrons.